The van der Waals surface area contributed by atoms with Gasteiger partial charge in [-0.05, 0) is 44.2 Å². The molecule has 0 fully saturated rings. The molecule has 0 aliphatic heterocycles. The van der Waals surface area contributed by atoms with E-state index in [1.807, 2.05) is 13.8 Å². The highest BCUT2D eigenvalue weighted by Crippen LogP contribution is 2.29. The van der Waals surface area contributed by atoms with E-state index in [9.17, 15) is 4.79 Å². The summed E-state index contributed by atoms with van der Waals surface area (Å²) in [6, 6.07) is 10.1. The topological polar surface area (TPSA) is 83.9 Å². The molecule has 0 N–H and O–H groups in total. The predicted molar refractivity (Wildman–Crippen MR) is 92.1 cm³/mol. The van der Waals surface area contributed by atoms with E-state index in [1.54, 1.807) is 42.7 Å². The number of aromatic nitrogens is 1. The number of carbonyl (C=O) groups excluding carboxylic acids is 1. The van der Waals surface area contributed by atoms with E-state index in [2.05, 4.69) is 5.16 Å². The third-order valence-electron chi connectivity index (χ3n) is 3.45. The van der Waals surface area contributed by atoms with Crippen molar-refractivity contribution in [2.75, 3.05) is 13.2 Å². The first kappa shape index (κ1) is 17.6. The molecule has 0 bridgehead atoms. The molecule has 3 aromatic rings. The van der Waals surface area contributed by atoms with Crippen LogP contribution >= 0.6 is 0 Å². The van der Waals surface area contributed by atoms with Crippen molar-refractivity contribution in [3.63, 3.8) is 0 Å². The Morgan fingerprint density at radius 2 is 1.85 bits per heavy atom. The third-order valence-corrected chi connectivity index (χ3v) is 3.45. The van der Waals surface area contributed by atoms with Crippen molar-refractivity contribution in [3.8, 4) is 23.0 Å². The molecule has 136 valence electrons. The number of ether oxygens (including phenoxy) is 3. The number of hydrogen-bond acceptors (Lipinski definition) is 7. The molecule has 0 saturated heterocycles. The zero-order chi connectivity index (χ0) is 18.4. The zero-order valence-electron chi connectivity index (χ0n) is 14.6. The highest BCUT2D eigenvalue weighted by molar-refractivity contribution is 5.90. The molecule has 0 aliphatic rings. The lowest BCUT2D eigenvalue weighted by atomic mass is 10.2. The monoisotopic (exact) mass is 357 g/mol. The van der Waals surface area contributed by atoms with E-state index >= 15 is 0 Å². The Hall–Kier alpha value is -3.22. The standard InChI is InChI=1S/C19H19NO6/c1-3-22-16-8-7-13(10-17(16)23-4-2)19(21)25-12-14-11-18(26-20-14)15-6-5-9-24-15/h5-11H,3-4,12H2,1-2H3. The second-order valence-electron chi connectivity index (χ2n) is 5.26. The van der Waals surface area contributed by atoms with E-state index in [-0.39, 0.29) is 6.61 Å². The maximum atomic E-state index is 12.3. The quantitative estimate of drug-likeness (QED) is 0.561. The van der Waals surface area contributed by atoms with Gasteiger partial charge in [-0.25, -0.2) is 4.79 Å². The summed E-state index contributed by atoms with van der Waals surface area (Å²) in [4.78, 5) is 12.3. The number of hydrogen-bond donors (Lipinski definition) is 0. The van der Waals surface area contributed by atoms with Gasteiger partial charge in [-0.15, -0.1) is 0 Å². The first-order chi connectivity index (χ1) is 12.7. The van der Waals surface area contributed by atoms with Crippen molar-refractivity contribution in [1.29, 1.82) is 0 Å². The van der Waals surface area contributed by atoms with Crippen molar-refractivity contribution in [2.45, 2.75) is 20.5 Å². The SMILES string of the molecule is CCOc1ccc(C(=O)OCc2cc(-c3ccco3)on2)cc1OCC. The number of carbonyl (C=O) groups is 1. The van der Waals surface area contributed by atoms with Crippen LogP contribution in [0.5, 0.6) is 11.5 Å². The molecule has 2 heterocycles. The summed E-state index contributed by atoms with van der Waals surface area (Å²) in [7, 11) is 0. The number of rotatable bonds is 8. The molecule has 7 heteroatoms. The Kier molecular flexibility index (Phi) is 5.58. The van der Waals surface area contributed by atoms with Crippen LogP contribution in [0.15, 0.2) is 51.6 Å². The largest absolute Gasteiger partial charge is 0.490 e. The Labute approximate surface area is 150 Å². The van der Waals surface area contributed by atoms with Crippen molar-refractivity contribution < 1.29 is 27.9 Å². The first-order valence-corrected chi connectivity index (χ1v) is 8.27. The fourth-order valence-corrected chi connectivity index (χ4v) is 2.32. The Balaban J connectivity index is 1.65. The van der Waals surface area contributed by atoms with Crippen LogP contribution in [0.3, 0.4) is 0 Å². The van der Waals surface area contributed by atoms with Crippen LogP contribution < -0.4 is 9.47 Å². The summed E-state index contributed by atoms with van der Waals surface area (Å²) >= 11 is 0. The average Bonchev–Trinajstić information content (AvgIpc) is 3.33. The van der Waals surface area contributed by atoms with E-state index in [0.717, 1.165) is 0 Å². The average molecular weight is 357 g/mol. The second kappa shape index (κ2) is 8.24. The Morgan fingerprint density at radius 1 is 1.04 bits per heavy atom. The van der Waals surface area contributed by atoms with E-state index < -0.39 is 5.97 Å². The maximum absolute atomic E-state index is 12.3. The number of benzene rings is 1. The lowest BCUT2D eigenvalue weighted by Crippen LogP contribution is -2.07. The van der Waals surface area contributed by atoms with E-state index in [1.165, 1.54) is 0 Å². The fraction of sp³-hybridized carbons (Fsp3) is 0.263. The molecular weight excluding hydrogens is 338 g/mol. The first-order valence-electron chi connectivity index (χ1n) is 8.27. The van der Waals surface area contributed by atoms with Crippen molar-refractivity contribution >= 4 is 5.97 Å². The molecule has 0 spiro atoms. The smallest absolute Gasteiger partial charge is 0.338 e. The molecular formula is C19H19NO6. The van der Waals surface area contributed by atoms with Crippen LogP contribution in [0, 0.1) is 0 Å². The normalized spacial score (nSPS) is 10.5. The summed E-state index contributed by atoms with van der Waals surface area (Å²) in [6.07, 6.45) is 1.54. The predicted octanol–water partition coefficient (Wildman–Crippen LogP) is 4.09. The summed E-state index contributed by atoms with van der Waals surface area (Å²) in [5.41, 5.74) is 0.854. The van der Waals surface area contributed by atoms with Crippen LogP contribution in [-0.4, -0.2) is 24.3 Å². The molecule has 0 aliphatic carbocycles. The molecule has 0 radical (unpaired) electrons. The lowest BCUT2D eigenvalue weighted by Gasteiger charge is -2.12. The Morgan fingerprint density at radius 3 is 2.58 bits per heavy atom. The summed E-state index contributed by atoms with van der Waals surface area (Å²) in [5.74, 6) is 1.64. The molecule has 7 nitrogen and oxygen atoms in total. The van der Waals surface area contributed by atoms with Crippen LogP contribution in [0.1, 0.15) is 29.9 Å². The van der Waals surface area contributed by atoms with Gasteiger partial charge in [0.05, 0.1) is 25.0 Å². The van der Waals surface area contributed by atoms with Crippen LogP contribution in [0.4, 0.5) is 0 Å². The summed E-state index contributed by atoms with van der Waals surface area (Å²) < 4.78 is 26.7. The van der Waals surface area contributed by atoms with Gasteiger partial charge in [0.15, 0.2) is 17.3 Å². The van der Waals surface area contributed by atoms with Crippen LogP contribution in [-0.2, 0) is 11.3 Å². The molecule has 0 unspecified atom stereocenters. The van der Waals surface area contributed by atoms with Crippen molar-refractivity contribution in [2.24, 2.45) is 0 Å². The third kappa shape index (κ3) is 4.05. The van der Waals surface area contributed by atoms with Crippen molar-refractivity contribution in [3.05, 3.63) is 53.9 Å². The Bertz CT molecular complexity index is 853. The summed E-state index contributed by atoms with van der Waals surface area (Å²) in [6.45, 7) is 4.70. The van der Waals surface area contributed by atoms with E-state index in [0.29, 0.717) is 47.5 Å². The van der Waals surface area contributed by atoms with Gasteiger partial charge in [-0.1, -0.05) is 5.16 Å². The lowest BCUT2D eigenvalue weighted by molar-refractivity contribution is 0.0463. The van der Waals surface area contributed by atoms with Gasteiger partial charge in [0, 0.05) is 6.07 Å². The second-order valence-corrected chi connectivity index (χ2v) is 5.26. The van der Waals surface area contributed by atoms with Crippen LogP contribution in [0.25, 0.3) is 11.5 Å². The van der Waals surface area contributed by atoms with Gasteiger partial charge in [0.25, 0.3) is 0 Å². The maximum Gasteiger partial charge on any atom is 0.338 e. The molecule has 0 saturated carbocycles. The molecule has 3 rings (SSSR count). The van der Waals surface area contributed by atoms with Gasteiger partial charge in [0.2, 0.25) is 5.76 Å². The minimum absolute atomic E-state index is 0.0137. The minimum Gasteiger partial charge on any atom is -0.490 e. The van der Waals surface area contributed by atoms with Gasteiger partial charge < -0.3 is 23.2 Å². The molecule has 0 amide bonds. The number of nitrogens with zero attached hydrogens (tertiary/aromatic N) is 1. The van der Waals surface area contributed by atoms with Crippen molar-refractivity contribution in [1.82, 2.24) is 5.16 Å². The molecule has 0 atom stereocenters. The fourth-order valence-electron chi connectivity index (χ4n) is 2.32. The highest BCUT2D eigenvalue weighted by Gasteiger charge is 2.15. The number of furan rings is 1. The van der Waals surface area contributed by atoms with Gasteiger partial charge in [-0.3, -0.25) is 0 Å². The van der Waals surface area contributed by atoms with Gasteiger partial charge in [-0.2, -0.15) is 0 Å². The zero-order valence-corrected chi connectivity index (χ0v) is 14.6. The number of esters is 1. The van der Waals surface area contributed by atoms with Gasteiger partial charge in [0.1, 0.15) is 12.3 Å². The summed E-state index contributed by atoms with van der Waals surface area (Å²) in [5, 5.41) is 3.87. The van der Waals surface area contributed by atoms with Crippen LogP contribution in [0.2, 0.25) is 0 Å². The highest BCUT2D eigenvalue weighted by atomic mass is 16.5. The van der Waals surface area contributed by atoms with E-state index in [4.69, 9.17) is 23.2 Å². The minimum atomic E-state index is -0.489. The molecule has 26 heavy (non-hydrogen) atoms. The molecule has 2 aromatic heterocycles. The van der Waals surface area contributed by atoms with Gasteiger partial charge >= 0.3 is 5.97 Å². The molecule has 1 aromatic carbocycles.